The molecule has 2 aromatic carbocycles. The van der Waals surface area contributed by atoms with E-state index in [1.54, 1.807) is 7.05 Å². The first-order chi connectivity index (χ1) is 13.5. The summed E-state index contributed by atoms with van der Waals surface area (Å²) in [6.07, 6.45) is 0. The maximum Gasteiger partial charge on any atom is 0.267 e. The van der Waals surface area contributed by atoms with Crippen LogP contribution >= 0.6 is 0 Å². The fourth-order valence-electron chi connectivity index (χ4n) is 2.78. The molecule has 0 spiro atoms. The van der Waals surface area contributed by atoms with Gasteiger partial charge in [-0.05, 0) is 23.8 Å². The molecule has 144 valence electrons. The largest absolute Gasteiger partial charge is 0.496 e. The molecule has 3 aromatic rings. The second-order valence-electron chi connectivity index (χ2n) is 6.29. The molecule has 0 radical (unpaired) electrons. The highest BCUT2D eigenvalue weighted by atomic mass is 19.1. The monoisotopic (exact) mass is 381 g/mol. The molecular weight excluding hydrogens is 361 g/mol. The summed E-state index contributed by atoms with van der Waals surface area (Å²) >= 11 is 0. The number of aromatic nitrogens is 2. The number of likely N-dealkylation sites (N-methyl/N-ethyl adjacent to an activating group) is 1. The van der Waals surface area contributed by atoms with E-state index in [0.717, 1.165) is 10.2 Å². The van der Waals surface area contributed by atoms with E-state index in [-0.39, 0.29) is 12.5 Å². The van der Waals surface area contributed by atoms with Crippen LogP contribution in [0, 0.1) is 5.82 Å². The predicted molar refractivity (Wildman–Crippen MR) is 103 cm³/mol. The lowest BCUT2D eigenvalue weighted by Gasteiger charge is -2.18. The molecule has 28 heavy (non-hydrogen) atoms. The van der Waals surface area contributed by atoms with Crippen molar-refractivity contribution in [3.05, 3.63) is 82.4 Å². The quantitative estimate of drug-likeness (QED) is 0.659. The Morgan fingerprint density at radius 1 is 1.14 bits per heavy atom. The van der Waals surface area contributed by atoms with E-state index in [9.17, 15) is 14.0 Å². The zero-order valence-electron chi connectivity index (χ0n) is 15.6. The highest BCUT2D eigenvalue weighted by Crippen LogP contribution is 2.28. The van der Waals surface area contributed by atoms with Crippen LogP contribution in [0.3, 0.4) is 0 Å². The molecule has 0 saturated heterocycles. The van der Waals surface area contributed by atoms with Gasteiger partial charge in [-0.25, -0.2) is 9.07 Å². The number of hydrogen-bond acceptors (Lipinski definition) is 4. The normalized spacial score (nSPS) is 10.5. The topological polar surface area (TPSA) is 64.4 Å². The van der Waals surface area contributed by atoms with E-state index in [1.165, 1.54) is 42.3 Å². The minimum atomic E-state index is -0.438. The fraction of sp³-hybridized carbons (Fsp3) is 0.190. The lowest BCUT2D eigenvalue weighted by atomic mass is 10.1. The Morgan fingerprint density at radius 2 is 1.89 bits per heavy atom. The molecule has 0 fully saturated rings. The van der Waals surface area contributed by atoms with Gasteiger partial charge in [0.05, 0.1) is 12.8 Å². The van der Waals surface area contributed by atoms with Gasteiger partial charge in [-0.15, -0.1) is 0 Å². The standard InChI is InChI=1S/C21H20FN3O3/c1-24(13-15-6-4-3-5-7-15)21(27)14-25-20(26)11-10-18(23-25)17-9-8-16(22)12-19(17)28-2/h3-12H,13-14H2,1-2H3. The van der Waals surface area contributed by atoms with Crippen molar-refractivity contribution >= 4 is 5.91 Å². The Labute approximate surface area is 161 Å². The van der Waals surface area contributed by atoms with Crippen LogP contribution in [0.15, 0.2) is 65.5 Å². The number of methoxy groups -OCH3 is 1. The Kier molecular flexibility index (Phi) is 5.84. The number of nitrogens with zero attached hydrogens (tertiary/aromatic N) is 3. The molecule has 0 bridgehead atoms. The molecule has 0 aliphatic rings. The van der Waals surface area contributed by atoms with Crippen LogP contribution in [-0.2, 0) is 17.9 Å². The number of benzene rings is 2. The molecule has 0 atom stereocenters. The average Bonchev–Trinajstić information content (AvgIpc) is 2.70. The van der Waals surface area contributed by atoms with Crippen molar-refractivity contribution in [3.8, 4) is 17.0 Å². The molecule has 6 nitrogen and oxygen atoms in total. The van der Waals surface area contributed by atoms with Crippen molar-refractivity contribution in [2.24, 2.45) is 0 Å². The van der Waals surface area contributed by atoms with Crippen molar-refractivity contribution in [1.29, 1.82) is 0 Å². The summed E-state index contributed by atoms with van der Waals surface area (Å²) in [5.41, 5.74) is 1.53. The van der Waals surface area contributed by atoms with Gasteiger partial charge in [-0.1, -0.05) is 30.3 Å². The summed E-state index contributed by atoms with van der Waals surface area (Å²) in [6.45, 7) is 0.236. The van der Waals surface area contributed by atoms with Crippen molar-refractivity contribution < 1.29 is 13.9 Å². The van der Waals surface area contributed by atoms with Crippen LogP contribution in [0.1, 0.15) is 5.56 Å². The molecule has 0 saturated carbocycles. The number of halogens is 1. The first-order valence-electron chi connectivity index (χ1n) is 8.68. The molecule has 0 aliphatic carbocycles. The lowest BCUT2D eigenvalue weighted by Crippen LogP contribution is -2.34. The average molecular weight is 381 g/mol. The molecule has 1 heterocycles. The minimum absolute atomic E-state index is 0.195. The van der Waals surface area contributed by atoms with Crippen LogP contribution in [0.4, 0.5) is 4.39 Å². The first kappa shape index (κ1) is 19.3. The maximum atomic E-state index is 13.4. The zero-order chi connectivity index (χ0) is 20.1. The van der Waals surface area contributed by atoms with E-state index in [1.807, 2.05) is 30.3 Å². The Balaban J connectivity index is 1.82. The van der Waals surface area contributed by atoms with Crippen LogP contribution in [0.5, 0.6) is 5.75 Å². The van der Waals surface area contributed by atoms with E-state index >= 15 is 0 Å². The summed E-state index contributed by atoms with van der Waals surface area (Å²) in [5, 5.41) is 4.26. The maximum absolute atomic E-state index is 13.4. The SMILES string of the molecule is COc1cc(F)ccc1-c1ccc(=O)n(CC(=O)N(C)Cc2ccccc2)n1. The minimum Gasteiger partial charge on any atom is -0.496 e. The second-order valence-corrected chi connectivity index (χ2v) is 6.29. The number of carbonyl (C=O) groups excluding carboxylic acids is 1. The molecule has 1 amide bonds. The summed E-state index contributed by atoms with van der Waals surface area (Å²) in [5.74, 6) is -0.390. The van der Waals surface area contributed by atoms with Crippen molar-refractivity contribution in [3.63, 3.8) is 0 Å². The molecule has 3 rings (SSSR count). The zero-order valence-corrected chi connectivity index (χ0v) is 15.6. The third-order valence-corrected chi connectivity index (χ3v) is 4.28. The van der Waals surface area contributed by atoms with Crippen LogP contribution < -0.4 is 10.3 Å². The Hall–Kier alpha value is -3.48. The lowest BCUT2D eigenvalue weighted by molar-refractivity contribution is -0.131. The predicted octanol–water partition coefficient (Wildman–Crippen LogP) is 2.72. The van der Waals surface area contributed by atoms with Gasteiger partial charge >= 0.3 is 0 Å². The third-order valence-electron chi connectivity index (χ3n) is 4.28. The molecule has 0 unspecified atom stereocenters. The number of hydrogen-bond donors (Lipinski definition) is 0. The molecule has 0 aliphatic heterocycles. The van der Waals surface area contributed by atoms with Crippen molar-refractivity contribution in [2.45, 2.75) is 13.1 Å². The van der Waals surface area contributed by atoms with Gasteiger partial charge in [-0.2, -0.15) is 5.10 Å². The van der Waals surface area contributed by atoms with Crippen molar-refractivity contribution in [2.75, 3.05) is 14.2 Å². The van der Waals surface area contributed by atoms with Gasteiger partial charge in [0.1, 0.15) is 18.1 Å². The van der Waals surface area contributed by atoms with E-state index in [2.05, 4.69) is 5.10 Å². The Morgan fingerprint density at radius 3 is 2.61 bits per heavy atom. The van der Waals surface area contributed by atoms with Crippen LogP contribution in [-0.4, -0.2) is 34.7 Å². The smallest absolute Gasteiger partial charge is 0.267 e. The molecule has 1 aromatic heterocycles. The summed E-state index contributed by atoms with van der Waals surface area (Å²) < 4.78 is 19.7. The van der Waals surface area contributed by atoms with Gasteiger partial charge < -0.3 is 9.64 Å². The van der Waals surface area contributed by atoms with Crippen LogP contribution in [0.2, 0.25) is 0 Å². The first-order valence-corrected chi connectivity index (χ1v) is 8.68. The second kappa shape index (κ2) is 8.47. The highest BCUT2D eigenvalue weighted by Gasteiger charge is 2.14. The highest BCUT2D eigenvalue weighted by molar-refractivity contribution is 5.75. The summed E-state index contributed by atoms with van der Waals surface area (Å²) in [6, 6.07) is 16.5. The van der Waals surface area contributed by atoms with E-state index in [0.29, 0.717) is 23.6 Å². The molecule has 7 heteroatoms. The number of rotatable bonds is 6. The van der Waals surface area contributed by atoms with Gasteiger partial charge in [0, 0.05) is 31.3 Å². The number of carbonyl (C=O) groups is 1. The van der Waals surface area contributed by atoms with Gasteiger partial charge in [0.15, 0.2) is 0 Å². The summed E-state index contributed by atoms with van der Waals surface area (Å²) in [7, 11) is 3.10. The molecular formula is C21H20FN3O3. The number of ether oxygens (including phenoxy) is 1. The van der Waals surface area contributed by atoms with E-state index in [4.69, 9.17) is 4.74 Å². The van der Waals surface area contributed by atoms with Gasteiger partial charge in [0.25, 0.3) is 5.56 Å². The third kappa shape index (κ3) is 4.43. The van der Waals surface area contributed by atoms with E-state index < -0.39 is 11.4 Å². The van der Waals surface area contributed by atoms with Gasteiger partial charge in [0.2, 0.25) is 5.91 Å². The molecule has 0 N–H and O–H groups in total. The fourth-order valence-corrected chi connectivity index (χ4v) is 2.78. The Bertz CT molecular complexity index is 1030. The van der Waals surface area contributed by atoms with Crippen LogP contribution in [0.25, 0.3) is 11.3 Å². The summed E-state index contributed by atoms with van der Waals surface area (Å²) in [4.78, 5) is 26.2. The van der Waals surface area contributed by atoms with Gasteiger partial charge in [-0.3, -0.25) is 9.59 Å². The number of amides is 1. The van der Waals surface area contributed by atoms with Crippen molar-refractivity contribution in [1.82, 2.24) is 14.7 Å².